The summed E-state index contributed by atoms with van der Waals surface area (Å²) in [6.45, 7) is 0. The van der Waals surface area contributed by atoms with Crippen LogP contribution in [0.4, 0.5) is 0 Å². The lowest BCUT2D eigenvalue weighted by Gasteiger charge is -2.61. The fourth-order valence-corrected chi connectivity index (χ4v) is 13.7. The van der Waals surface area contributed by atoms with E-state index in [0.29, 0.717) is 29.3 Å². The first kappa shape index (κ1) is 32.4. The summed E-state index contributed by atoms with van der Waals surface area (Å²) >= 11 is 0. The van der Waals surface area contributed by atoms with Crippen molar-refractivity contribution in [3.05, 3.63) is 191 Å². The number of nitrogens with zero attached hydrogens (tertiary/aromatic N) is 4. The van der Waals surface area contributed by atoms with Crippen LogP contribution in [0, 0.1) is 23.7 Å². The molecule has 4 saturated carbocycles. The average Bonchev–Trinajstić information content (AvgIpc) is 3.88. The first-order valence-electron chi connectivity index (χ1n) is 21.6. The van der Waals surface area contributed by atoms with Crippen molar-refractivity contribution in [3.63, 3.8) is 0 Å². The van der Waals surface area contributed by atoms with Gasteiger partial charge in [0.05, 0.1) is 11.1 Å². The zero-order chi connectivity index (χ0) is 38.5. The Morgan fingerprint density at radius 2 is 0.881 bits per heavy atom. The molecule has 0 amide bonds. The summed E-state index contributed by atoms with van der Waals surface area (Å²) in [4.78, 5) is 21.1. The van der Waals surface area contributed by atoms with Gasteiger partial charge in [-0.1, -0.05) is 133 Å². The molecule has 6 aromatic carbocycles. The van der Waals surface area contributed by atoms with Crippen molar-refractivity contribution in [2.24, 2.45) is 23.7 Å². The van der Waals surface area contributed by atoms with E-state index in [4.69, 9.17) is 19.9 Å². The van der Waals surface area contributed by atoms with Crippen LogP contribution in [0.5, 0.6) is 0 Å². The number of aromatic nitrogens is 4. The standard InChI is InChI=1S/C55H40N4/c1-2-11-34(12-3-1)51-57-52(35-21-23-47-43(30-35)50-48(19-10-24-56-50)54(47)37-26-32-25-33(28-37)29-38(54)27-32)59-53(58-51)36-20-22-42-41-15-6-9-18-46(41)55(49(42)31-36)44-16-7-4-13-39(44)40-14-5-8-17-45(40)55/h1-24,30-33,37-38H,25-29H2. The zero-order valence-corrected chi connectivity index (χ0v) is 32.6. The summed E-state index contributed by atoms with van der Waals surface area (Å²) in [6.07, 6.45) is 8.83. The highest BCUT2D eigenvalue weighted by Crippen LogP contribution is 2.69. The number of fused-ring (bicyclic) bond motifs is 13. The molecule has 0 aliphatic heterocycles. The Kier molecular flexibility index (Phi) is 6.36. The van der Waals surface area contributed by atoms with Crippen molar-refractivity contribution in [2.75, 3.05) is 0 Å². The first-order valence-corrected chi connectivity index (χ1v) is 21.6. The second-order valence-corrected chi connectivity index (χ2v) is 18.2. The minimum atomic E-state index is -0.443. The quantitative estimate of drug-likeness (QED) is 0.180. The maximum absolute atomic E-state index is 5.39. The normalized spacial score (nSPS) is 23.8. The minimum absolute atomic E-state index is 0.0692. The second-order valence-electron chi connectivity index (χ2n) is 18.2. The van der Waals surface area contributed by atoms with Gasteiger partial charge in [0, 0.05) is 33.9 Å². The van der Waals surface area contributed by atoms with Crippen LogP contribution in [0.2, 0.25) is 0 Å². The smallest absolute Gasteiger partial charge is 0.164 e. The van der Waals surface area contributed by atoms with Gasteiger partial charge in [-0.2, -0.15) is 0 Å². The third kappa shape index (κ3) is 4.09. The molecule has 59 heavy (non-hydrogen) atoms. The van der Waals surface area contributed by atoms with Crippen LogP contribution in [-0.4, -0.2) is 19.9 Å². The number of rotatable bonds is 3. The predicted octanol–water partition coefficient (Wildman–Crippen LogP) is 12.3. The minimum Gasteiger partial charge on any atom is -0.256 e. The van der Waals surface area contributed by atoms with Crippen LogP contribution in [0.15, 0.2) is 158 Å². The fourth-order valence-electron chi connectivity index (χ4n) is 13.7. The highest BCUT2D eigenvalue weighted by Gasteiger charge is 2.62. The molecule has 4 heteroatoms. The van der Waals surface area contributed by atoms with E-state index in [1.807, 2.05) is 12.3 Å². The van der Waals surface area contributed by atoms with E-state index in [1.165, 1.54) is 93.3 Å². The average molecular weight is 757 g/mol. The molecule has 8 aromatic rings. The molecule has 7 aliphatic rings. The molecule has 0 N–H and O–H groups in total. The lowest BCUT2D eigenvalue weighted by molar-refractivity contribution is -0.0400. The molecule has 15 rings (SSSR count). The van der Waals surface area contributed by atoms with E-state index >= 15 is 0 Å². The molecule has 4 nitrogen and oxygen atoms in total. The van der Waals surface area contributed by atoms with Crippen LogP contribution in [0.3, 0.4) is 0 Å². The van der Waals surface area contributed by atoms with Crippen molar-refractivity contribution < 1.29 is 0 Å². The number of pyridine rings is 1. The molecule has 2 spiro atoms. The maximum Gasteiger partial charge on any atom is 0.164 e. The van der Waals surface area contributed by atoms with Gasteiger partial charge < -0.3 is 0 Å². The van der Waals surface area contributed by atoms with Crippen LogP contribution in [0.1, 0.15) is 65.5 Å². The Balaban J connectivity index is 0.967. The van der Waals surface area contributed by atoms with Crippen molar-refractivity contribution in [1.29, 1.82) is 0 Å². The molecular weight excluding hydrogens is 717 g/mol. The summed E-state index contributed by atoms with van der Waals surface area (Å²) in [7, 11) is 0. The molecule has 0 saturated heterocycles. The van der Waals surface area contributed by atoms with E-state index in [-0.39, 0.29) is 5.41 Å². The first-order chi connectivity index (χ1) is 29.2. The van der Waals surface area contributed by atoms with Gasteiger partial charge in [0.2, 0.25) is 0 Å². The summed E-state index contributed by atoms with van der Waals surface area (Å²) in [5.74, 6) is 5.22. The lowest BCUT2D eigenvalue weighted by Crippen LogP contribution is -2.55. The molecular formula is C55H40N4. The molecule has 7 aliphatic carbocycles. The van der Waals surface area contributed by atoms with E-state index in [9.17, 15) is 0 Å². The zero-order valence-electron chi connectivity index (χ0n) is 32.6. The maximum atomic E-state index is 5.39. The van der Waals surface area contributed by atoms with Crippen molar-refractivity contribution in [3.8, 4) is 67.7 Å². The van der Waals surface area contributed by atoms with Crippen molar-refractivity contribution in [1.82, 2.24) is 19.9 Å². The second kappa shape index (κ2) is 11.6. The Bertz CT molecular complexity index is 3000. The molecule has 2 heterocycles. The predicted molar refractivity (Wildman–Crippen MR) is 233 cm³/mol. The van der Waals surface area contributed by atoms with E-state index in [2.05, 4.69) is 146 Å². The molecule has 0 radical (unpaired) electrons. The van der Waals surface area contributed by atoms with Crippen LogP contribution in [-0.2, 0) is 10.8 Å². The van der Waals surface area contributed by atoms with Crippen LogP contribution in [0.25, 0.3) is 67.7 Å². The molecule has 280 valence electrons. The Morgan fingerprint density at radius 1 is 0.373 bits per heavy atom. The molecule has 4 bridgehead atoms. The summed E-state index contributed by atoms with van der Waals surface area (Å²) in [5.41, 5.74) is 18.4. The monoisotopic (exact) mass is 756 g/mol. The Hall–Kier alpha value is -6.52. The topological polar surface area (TPSA) is 51.6 Å². The fraction of sp³-hybridized carbons (Fsp3) is 0.200. The van der Waals surface area contributed by atoms with Crippen LogP contribution >= 0.6 is 0 Å². The SMILES string of the molecule is c1ccc(-c2nc(-c3ccc4c(c3)-c3ncccc3C43C4CC5CC(C4)CC3C5)nc(-c3ccc4c(c3)C3(c5ccccc5-c5ccccc53)c3ccccc3-4)n2)cc1. The lowest BCUT2D eigenvalue weighted by atomic mass is 9.43. The van der Waals surface area contributed by atoms with Crippen molar-refractivity contribution in [2.45, 2.75) is 42.9 Å². The Labute approximate surface area is 344 Å². The number of hydrogen-bond acceptors (Lipinski definition) is 4. The van der Waals surface area contributed by atoms with Gasteiger partial charge in [-0.25, -0.2) is 15.0 Å². The Morgan fingerprint density at radius 3 is 1.51 bits per heavy atom. The van der Waals surface area contributed by atoms with Crippen LogP contribution < -0.4 is 0 Å². The van der Waals surface area contributed by atoms with Gasteiger partial charge in [0.25, 0.3) is 0 Å². The summed E-state index contributed by atoms with van der Waals surface area (Å²) in [5, 5.41) is 0. The summed E-state index contributed by atoms with van der Waals surface area (Å²) in [6, 6.07) is 55.9. The van der Waals surface area contributed by atoms with Gasteiger partial charge in [-0.15, -0.1) is 0 Å². The largest absolute Gasteiger partial charge is 0.256 e. The van der Waals surface area contributed by atoms with E-state index in [0.717, 1.165) is 34.2 Å². The number of hydrogen-bond donors (Lipinski definition) is 0. The molecule has 2 aromatic heterocycles. The van der Waals surface area contributed by atoms with E-state index in [1.54, 1.807) is 0 Å². The highest BCUT2D eigenvalue weighted by molar-refractivity contribution is 5.96. The molecule has 4 fully saturated rings. The van der Waals surface area contributed by atoms with Gasteiger partial charge >= 0.3 is 0 Å². The third-order valence-electron chi connectivity index (χ3n) is 15.6. The number of benzene rings is 6. The molecule has 0 atom stereocenters. The summed E-state index contributed by atoms with van der Waals surface area (Å²) < 4.78 is 0. The third-order valence-corrected chi connectivity index (χ3v) is 15.6. The molecule has 0 unspecified atom stereocenters. The van der Waals surface area contributed by atoms with Gasteiger partial charge in [-0.05, 0) is 130 Å². The highest BCUT2D eigenvalue weighted by atomic mass is 15.0. The van der Waals surface area contributed by atoms with E-state index < -0.39 is 5.41 Å². The van der Waals surface area contributed by atoms with Gasteiger partial charge in [-0.3, -0.25) is 4.98 Å². The van der Waals surface area contributed by atoms with Gasteiger partial charge in [0.15, 0.2) is 17.5 Å². The van der Waals surface area contributed by atoms with Gasteiger partial charge in [0.1, 0.15) is 0 Å². The van der Waals surface area contributed by atoms with Crippen molar-refractivity contribution >= 4 is 0 Å².